The first-order valence-electron chi connectivity index (χ1n) is 8.10. The van der Waals surface area contributed by atoms with E-state index in [1.807, 2.05) is 34.6 Å². The lowest BCUT2D eigenvalue weighted by Gasteiger charge is -2.38. The van der Waals surface area contributed by atoms with Gasteiger partial charge in [0.1, 0.15) is 12.0 Å². The van der Waals surface area contributed by atoms with Gasteiger partial charge in [0.2, 0.25) is 0 Å². The van der Waals surface area contributed by atoms with E-state index in [0.717, 1.165) is 23.9 Å². The van der Waals surface area contributed by atoms with Crippen LogP contribution < -0.4 is 10.8 Å². The van der Waals surface area contributed by atoms with E-state index in [9.17, 15) is 9.50 Å². The first-order chi connectivity index (χ1) is 10.5. The van der Waals surface area contributed by atoms with Crippen LogP contribution in [0, 0.1) is 12.7 Å². The standard InChI is InChI=1S/C17H27BFNO2S/c1-10-8-14(19)12(15(21)20-11-6-7-11)9-13(10)18-22-16(2,3)17(4,5)23/h8-9,11,15,18,20-21,23H,6-7H2,1-5H3. The summed E-state index contributed by atoms with van der Waals surface area (Å²) in [5.74, 6) is -0.388. The number of nitrogens with one attached hydrogen (secondary N) is 1. The predicted octanol–water partition coefficient (Wildman–Crippen LogP) is 2.36. The Hall–Kier alpha value is -0.555. The third-order valence-corrected chi connectivity index (χ3v) is 5.32. The van der Waals surface area contributed by atoms with Crippen molar-refractivity contribution in [2.45, 2.75) is 70.1 Å². The molecule has 128 valence electrons. The van der Waals surface area contributed by atoms with Gasteiger partial charge in [-0.1, -0.05) is 11.6 Å². The second-order valence-electron chi connectivity index (χ2n) is 7.50. The molecule has 1 atom stereocenters. The Morgan fingerprint density at radius 2 is 1.96 bits per heavy atom. The molecule has 0 saturated heterocycles. The summed E-state index contributed by atoms with van der Waals surface area (Å²) >= 11 is 4.59. The molecule has 2 N–H and O–H groups in total. The molecule has 0 amide bonds. The highest BCUT2D eigenvalue weighted by atomic mass is 32.1. The molecule has 0 bridgehead atoms. The van der Waals surface area contributed by atoms with Crippen LogP contribution in [0.3, 0.4) is 0 Å². The van der Waals surface area contributed by atoms with Crippen LogP contribution in [-0.4, -0.2) is 29.0 Å². The van der Waals surface area contributed by atoms with Crippen LogP contribution in [0.5, 0.6) is 0 Å². The van der Waals surface area contributed by atoms with Crippen molar-refractivity contribution < 1.29 is 14.2 Å². The molecular formula is C17H27BFNO2S. The minimum absolute atomic E-state index is 0.282. The highest BCUT2D eigenvalue weighted by molar-refractivity contribution is 7.81. The zero-order valence-corrected chi connectivity index (χ0v) is 15.5. The number of rotatable bonds is 7. The van der Waals surface area contributed by atoms with Gasteiger partial charge in [-0.15, -0.1) is 0 Å². The van der Waals surface area contributed by atoms with Gasteiger partial charge < -0.3 is 9.76 Å². The number of benzene rings is 1. The Morgan fingerprint density at radius 1 is 1.35 bits per heavy atom. The fraction of sp³-hybridized carbons (Fsp3) is 0.647. The smallest absolute Gasteiger partial charge is 0.309 e. The lowest BCUT2D eigenvalue weighted by Crippen LogP contribution is -2.46. The summed E-state index contributed by atoms with van der Waals surface area (Å²) in [5, 5.41) is 13.2. The highest BCUT2D eigenvalue weighted by Crippen LogP contribution is 2.30. The van der Waals surface area contributed by atoms with Gasteiger partial charge in [-0.25, -0.2) is 4.39 Å². The van der Waals surface area contributed by atoms with Crippen LogP contribution in [0.1, 0.15) is 57.9 Å². The third-order valence-electron chi connectivity index (χ3n) is 4.78. The zero-order valence-electron chi connectivity index (χ0n) is 14.6. The molecule has 1 aliphatic rings. The summed E-state index contributed by atoms with van der Waals surface area (Å²) in [7, 11) is 0.353. The van der Waals surface area contributed by atoms with Gasteiger partial charge in [0.05, 0.1) is 5.60 Å². The predicted molar refractivity (Wildman–Crippen MR) is 97.3 cm³/mol. The van der Waals surface area contributed by atoms with Crippen LogP contribution in [0.15, 0.2) is 12.1 Å². The SMILES string of the molecule is Cc1cc(F)c(C(O)NC2CC2)cc1BOC(C)(C)C(C)(C)S. The second-order valence-corrected chi connectivity index (χ2v) is 8.62. The Bertz CT molecular complexity index is 570. The maximum atomic E-state index is 14.2. The number of thiol groups is 1. The van der Waals surface area contributed by atoms with Crippen LogP contribution in [0.25, 0.3) is 0 Å². The van der Waals surface area contributed by atoms with Gasteiger partial charge in [0.25, 0.3) is 0 Å². The number of hydrogen-bond acceptors (Lipinski definition) is 4. The number of aliphatic hydroxyl groups is 1. The molecule has 1 unspecified atom stereocenters. The number of halogens is 1. The minimum atomic E-state index is -0.976. The van der Waals surface area contributed by atoms with Gasteiger partial charge >= 0.3 is 7.48 Å². The van der Waals surface area contributed by atoms with Crippen LogP contribution >= 0.6 is 12.6 Å². The number of hydrogen-bond donors (Lipinski definition) is 3. The van der Waals surface area contributed by atoms with Crippen molar-refractivity contribution in [2.24, 2.45) is 0 Å². The molecule has 0 radical (unpaired) electrons. The van der Waals surface area contributed by atoms with E-state index < -0.39 is 11.8 Å². The van der Waals surface area contributed by atoms with Crippen LogP contribution in [0.2, 0.25) is 0 Å². The Labute approximate surface area is 144 Å². The van der Waals surface area contributed by atoms with E-state index in [-0.39, 0.29) is 16.1 Å². The molecule has 3 nitrogen and oxygen atoms in total. The molecule has 6 heteroatoms. The van der Waals surface area contributed by atoms with Crippen molar-refractivity contribution >= 4 is 25.6 Å². The van der Waals surface area contributed by atoms with Crippen molar-refractivity contribution in [3.05, 3.63) is 29.1 Å². The summed E-state index contributed by atoms with van der Waals surface area (Å²) in [6.07, 6.45) is 1.09. The average Bonchev–Trinajstić information content (AvgIpc) is 3.20. The van der Waals surface area contributed by atoms with E-state index in [1.54, 1.807) is 6.07 Å². The third kappa shape index (κ3) is 4.72. The largest absolute Gasteiger partial charge is 0.428 e. The van der Waals surface area contributed by atoms with Crippen LogP contribution in [0.4, 0.5) is 4.39 Å². The second kappa shape index (κ2) is 6.75. The van der Waals surface area contributed by atoms with Gasteiger partial charge in [-0.3, -0.25) is 5.32 Å². The monoisotopic (exact) mass is 339 g/mol. The lowest BCUT2D eigenvalue weighted by atomic mass is 9.80. The van der Waals surface area contributed by atoms with Crippen molar-refractivity contribution in [1.82, 2.24) is 5.32 Å². The molecule has 1 aliphatic carbocycles. The molecule has 1 saturated carbocycles. The maximum absolute atomic E-state index is 14.2. The summed E-state index contributed by atoms with van der Waals surface area (Å²) < 4.78 is 19.9. The van der Waals surface area contributed by atoms with Gasteiger partial charge in [-0.2, -0.15) is 12.6 Å². The van der Waals surface area contributed by atoms with Gasteiger partial charge in [-0.05, 0) is 59.0 Å². The Morgan fingerprint density at radius 3 is 2.48 bits per heavy atom. The number of aryl methyl sites for hydroxylation is 1. The first-order valence-corrected chi connectivity index (χ1v) is 8.55. The molecular weight excluding hydrogens is 312 g/mol. The fourth-order valence-electron chi connectivity index (χ4n) is 2.10. The normalized spacial score (nSPS) is 17.2. The van der Waals surface area contributed by atoms with Crippen molar-refractivity contribution in [3.63, 3.8) is 0 Å². The summed E-state index contributed by atoms with van der Waals surface area (Å²) in [6, 6.07) is 3.46. The molecule has 0 aromatic heterocycles. The zero-order chi connectivity index (χ0) is 17.4. The van der Waals surface area contributed by atoms with E-state index in [2.05, 4.69) is 17.9 Å². The Balaban J connectivity index is 2.15. The summed E-state index contributed by atoms with van der Waals surface area (Å²) in [6.45, 7) is 9.84. The van der Waals surface area contributed by atoms with Crippen LogP contribution in [-0.2, 0) is 4.65 Å². The van der Waals surface area contributed by atoms with E-state index >= 15 is 0 Å². The van der Waals surface area contributed by atoms with E-state index in [0.29, 0.717) is 13.5 Å². The molecule has 1 aromatic carbocycles. The molecule has 0 heterocycles. The van der Waals surface area contributed by atoms with Gasteiger partial charge in [0.15, 0.2) is 0 Å². The van der Waals surface area contributed by atoms with Crippen molar-refractivity contribution in [2.75, 3.05) is 0 Å². The molecule has 0 spiro atoms. The number of aliphatic hydroxyl groups excluding tert-OH is 1. The molecule has 2 rings (SSSR count). The molecule has 1 aromatic rings. The van der Waals surface area contributed by atoms with Crippen molar-refractivity contribution in [1.29, 1.82) is 0 Å². The molecule has 0 aliphatic heterocycles. The summed E-state index contributed by atoms with van der Waals surface area (Å²) in [4.78, 5) is 0. The first kappa shape index (κ1) is 18.8. The molecule has 1 fully saturated rings. The topological polar surface area (TPSA) is 41.5 Å². The minimum Gasteiger partial charge on any atom is -0.428 e. The quantitative estimate of drug-likeness (QED) is 0.406. The highest BCUT2D eigenvalue weighted by Gasteiger charge is 2.34. The lowest BCUT2D eigenvalue weighted by molar-refractivity contribution is 0.0854. The van der Waals surface area contributed by atoms with Gasteiger partial charge in [0, 0.05) is 16.4 Å². The van der Waals surface area contributed by atoms with E-state index in [4.69, 9.17) is 4.65 Å². The van der Waals surface area contributed by atoms with E-state index in [1.165, 1.54) is 6.07 Å². The van der Waals surface area contributed by atoms with Crippen molar-refractivity contribution in [3.8, 4) is 0 Å². The maximum Gasteiger partial charge on any atom is 0.309 e. The fourth-order valence-corrected chi connectivity index (χ4v) is 2.16. The molecule has 23 heavy (non-hydrogen) atoms. The average molecular weight is 339 g/mol. The Kier molecular flexibility index (Phi) is 5.51. The summed E-state index contributed by atoms with van der Waals surface area (Å²) in [5.41, 5.74) is 1.53.